The molecule has 1 aromatic rings. The highest BCUT2D eigenvalue weighted by molar-refractivity contribution is 5.25. The third-order valence-electron chi connectivity index (χ3n) is 3.96. The Labute approximate surface area is 128 Å². The van der Waals surface area contributed by atoms with E-state index in [1.54, 1.807) is 20.1 Å². The molecule has 0 aromatic heterocycles. The van der Waals surface area contributed by atoms with Crippen LogP contribution in [0.15, 0.2) is 18.2 Å². The minimum absolute atomic E-state index is 0.132. The number of aryl methyl sites for hydroxylation is 1. The average molecular weight is 296 g/mol. The van der Waals surface area contributed by atoms with Gasteiger partial charge in [0.15, 0.2) is 0 Å². The molecule has 0 aliphatic rings. The average Bonchev–Trinajstić information content (AvgIpc) is 2.45. The van der Waals surface area contributed by atoms with Crippen LogP contribution in [0, 0.1) is 12.7 Å². The Hall–Kier alpha value is -0.970. The smallest absolute Gasteiger partial charge is 0.126 e. The number of nitrogens with zero attached hydrogens (tertiary/aromatic N) is 1. The standard InChI is InChI=1S/C17H29FN2O/c1-13(2)20(10-11-21-5)9-8-17(19-4)15-7-6-14(3)16(18)12-15/h6-7,12-13,17,19H,8-11H2,1-5H3. The van der Waals surface area contributed by atoms with Gasteiger partial charge in [0.05, 0.1) is 6.61 Å². The van der Waals surface area contributed by atoms with Crippen molar-refractivity contribution in [3.8, 4) is 0 Å². The molecule has 3 nitrogen and oxygen atoms in total. The Bertz CT molecular complexity index is 423. The molecule has 0 fully saturated rings. The van der Waals surface area contributed by atoms with E-state index in [9.17, 15) is 4.39 Å². The molecule has 4 heteroatoms. The molecular formula is C17H29FN2O. The van der Waals surface area contributed by atoms with Crippen LogP contribution in [0.1, 0.15) is 37.4 Å². The van der Waals surface area contributed by atoms with E-state index in [0.717, 1.165) is 31.7 Å². The summed E-state index contributed by atoms with van der Waals surface area (Å²) in [5, 5.41) is 3.29. The van der Waals surface area contributed by atoms with Gasteiger partial charge in [-0.15, -0.1) is 0 Å². The summed E-state index contributed by atoms with van der Waals surface area (Å²) >= 11 is 0. The fourth-order valence-corrected chi connectivity index (χ4v) is 2.44. The number of benzene rings is 1. The van der Waals surface area contributed by atoms with Crippen molar-refractivity contribution in [1.82, 2.24) is 10.2 Å². The first-order valence-electron chi connectivity index (χ1n) is 7.65. The monoisotopic (exact) mass is 296 g/mol. The molecule has 120 valence electrons. The SMILES string of the molecule is CNC(CCN(CCOC)C(C)C)c1ccc(C)c(F)c1. The largest absolute Gasteiger partial charge is 0.383 e. The summed E-state index contributed by atoms with van der Waals surface area (Å²) in [7, 11) is 3.65. The van der Waals surface area contributed by atoms with E-state index in [2.05, 4.69) is 24.1 Å². The quantitative estimate of drug-likeness (QED) is 0.757. The van der Waals surface area contributed by atoms with E-state index in [0.29, 0.717) is 11.6 Å². The van der Waals surface area contributed by atoms with Crippen LogP contribution in [0.5, 0.6) is 0 Å². The molecule has 0 radical (unpaired) electrons. The van der Waals surface area contributed by atoms with Crippen LogP contribution in [-0.4, -0.2) is 44.8 Å². The van der Waals surface area contributed by atoms with Crippen LogP contribution in [0.25, 0.3) is 0 Å². The summed E-state index contributed by atoms with van der Waals surface area (Å²) in [6.07, 6.45) is 0.945. The van der Waals surface area contributed by atoms with Crippen LogP contribution < -0.4 is 5.32 Å². The van der Waals surface area contributed by atoms with E-state index in [4.69, 9.17) is 4.74 Å². The zero-order chi connectivity index (χ0) is 15.8. The maximum absolute atomic E-state index is 13.7. The predicted molar refractivity (Wildman–Crippen MR) is 86.1 cm³/mol. The highest BCUT2D eigenvalue weighted by atomic mass is 19.1. The molecule has 0 aliphatic carbocycles. The topological polar surface area (TPSA) is 24.5 Å². The fraction of sp³-hybridized carbons (Fsp3) is 0.647. The van der Waals surface area contributed by atoms with Gasteiger partial charge in [0.2, 0.25) is 0 Å². The van der Waals surface area contributed by atoms with Crippen LogP contribution >= 0.6 is 0 Å². The second-order valence-electron chi connectivity index (χ2n) is 5.76. The molecule has 0 spiro atoms. The molecule has 1 N–H and O–H groups in total. The molecule has 0 saturated heterocycles. The normalized spacial score (nSPS) is 13.1. The maximum atomic E-state index is 13.7. The highest BCUT2D eigenvalue weighted by Gasteiger charge is 2.15. The van der Waals surface area contributed by atoms with Crippen molar-refractivity contribution in [1.29, 1.82) is 0 Å². The van der Waals surface area contributed by atoms with Gasteiger partial charge < -0.3 is 10.1 Å². The molecule has 1 unspecified atom stereocenters. The third kappa shape index (κ3) is 5.73. The molecule has 0 amide bonds. The number of hydrogen-bond donors (Lipinski definition) is 1. The van der Waals surface area contributed by atoms with Gasteiger partial charge in [0.25, 0.3) is 0 Å². The minimum atomic E-state index is -0.132. The van der Waals surface area contributed by atoms with Crippen molar-refractivity contribution >= 4 is 0 Å². The zero-order valence-electron chi connectivity index (χ0n) is 13.9. The van der Waals surface area contributed by atoms with E-state index in [1.807, 2.05) is 19.2 Å². The van der Waals surface area contributed by atoms with E-state index < -0.39 is 0 Å². The molecule has 1 atom stereocenters. The van der Waals surface area contributed by atoms with Gasteiger partial charge in [-0.25, -0.2) is 4.39 Å². The molecular weight excluding hydrogens is 267 g/mol. The molecule has 1 rings (SSSR count). The Kier molecular flexibility index (Phi) is 7.86. The lowest BCUT2D eigenvalue weighted by Crippen LogP contribution is -2.36. The molecule has 0 bridgehead atoms. The number of methoxy groups -OCH3 is 1. The van der Waals surface area contributed by atoms with Gasteiger partial charge in [0.1, 0.15) is 5.82 Å². The summed E-state index contributed by atoms with van der Waals surface area (Å²) in [4.78, 5) is 2.39. The summed E-state index contributed by atoms with van der Waals surface area (Å²) < 4.78 is 18.9. The lowest BCUT2D eigenvalue weighted by Gasteiger charge is -2.28. The highest BCUT2D eigenvalue weighted by Crippen LogP contribution is 2.20. The molecule has 0 saturated carbocycles. The Morgan fingerprint density at radius 3 is 2.52 bits per heavy atom. The van der Waals surface area contributed by atoms with Crippen LogP contribution in [0.2, 0.25) is 0 Å². The summed E-state index contributed by atoms with van der Waals surface area (Å²) in [5.74, 6) is -0.132. The number of ether oxygens (including phenoxy) is 1. The van der Waals surface area contributed by atoms with E-state index >= 15 is 0 Å². The molecule has 0 aliphatic heterocycles. The predicted octanol–water partition coefficient (Wildman–Crippen LogP) is 3.14. The van der Waals surface area contributed by atoms with Crippen LogP contribution in [0.3, 0.4) is 0 Å². The zero-order valence-corrected chi connectivity index (χ0v) is 13.9. The van der Waals surface area contributed by atoms with Gasteiger partial charge in [-0.3, -0.25) is 4.90 Å². The maximum Gasteiger partial charge on any atom is 0.126 e. The lowest BCUT2D eigenvalue weighted by atomic mass is 10.0. The van der Waals surface area contributed by atoms with Crippen molar-refractivity contribution in [3.05, 3.63) is 35.1 Å². The molecule has 1 aromatic carbocycles. The van der Waals surface area contributed by atoms with Crippen molar-refractivity contribution in [2.24, 2.45) is 0 Å². The fourth-order valence-electron chi connectivity index (χ4n) is 2.44. The van der Waals surface area contributed by atoms with Crippen molar-refractivity contribution in [2.45, 2.75) is 39.3 Å². The second-order valence-corrected chi connectivity index (χ2v) is 5.76. The third-order valence-corrected chi connectivity index (χ3v) is 3.96. The molecule has 21 heavy (non-hydrogen) atoms. The second kappa shape index (κ2) is 9.13. The Balaban J connectivity index is 2.65. The first kappa shape index (κ1) is 18.1. The van der Waals surface area contributed by atoms with Crippen LogP contribution in [0.4, 0.5) is 4.39 Å². The molecule has 0 heterocycles. The first-order chi connectivity index (χ1) is 9.99. The number of rotatable bonds is 9. The summed E-state index contributed by atoms with van der Waals surface area (Å²) in [6.45, 7) is 8.79. The lowest BCUT2D eigenvalue weighted by molar-refractivity contribution is 0.126. The van der Waals surface area contributed by atoms with Gasteiger partial charge in [-0.1, -0.05) is 12.1 Å². The van der Waals surface area contributed by atoms with Crippen molar-refractivity contribution in [2.75, 3.05) is 33.9 Å². The Morgan fingerprint density at radius 2 is 2.00 bits per heavy atom. The van der Waals surface area contributed by atoms with Gasteiger partial charge in [0, 0.05) is 32.3 Å². The van der Waals surface area contributed by atoms with Gasteiger partial charge in [-0.2, -0.15) is 0 Å². The number of halogens is 1. The minimum Gasteiger partial charge on any atom is -0.383 e. The summed E-state index contributed by atoms with van der Waals surface area (Å²) in [5.41, 5.74) is 1.70. The van der Waals surface area contributed by atoms with Gasteiger partial charge in [-0.05, 0) is 51.4 Å². The van der Waals surface area contributed by atoms with Crippen LogP contribution in [-0.2, 0) is 4.74 Å². The number of nitrogens with one attached hydrogen (secondary N) is 1. The van der Waals surface area contributed by atoms with E-state index in [-0.39, 0.29) is 11.9 Å². The summed E-state index contributed by atoms with van der Waals surface area (Å²) in [6, 6.07) is 6.15. The van der Waals surface area contributed by atoms with Crippen molar-refractivity contribution < 1.29 is 9.13 Å². The Morgan fingerprint density at radius 1 is 1.29 bits per heavy atom. The van der Waals surface area contributed by atoms with Gasteiger partial charge >= 0.3 is 0 Å². The van der Waals surface area contributed by atoms with E-state index in [1.165, 1.54) is 0 Å². The first-order valence-corrected chi connectivity index (χ1v) is 7.65. The van der Waals surface area contributed by atoms with Crippen molar-refractivity contribution in [3.63, 3.8) is 0 Å². The number of hydrogen-bond acceptors (Lipinski definition) is 3.